The third-order valence-electron chi connectivity index (χ3n) is 7.00. The number of anilines is 2. The highest BCUT2D eigenvalue weighted by Crippen LogP contribution is 2.36. The Bertz CT molecular complexity index is 1200. The van der Waals surface area contributed by atoms with Crippen molar-refractivity contribution in [2.24, 2.45) is 0 Å². The van der Waals surface area contributed by atoms with Gasteiger partial charge in [-0.25, -0.2) is 4.98 Å². The molecule has 2 aliphatic heterocycles. The van der Waals surface area contributed by atoms with Gasteiger partial charge in [-0.2, -0.15) is 10.4 Å². The summed E-state index contributed by atoms with van der Waals surface area (Å²) in [5.41, 5.74) is 3.65. The van der Waals surface area contributed by atoms with Crippen LogP contribution in [0.15, 0.2) is 30.5 Å². The number of likely N-dealkylation sites (N-methyl/N-ethyl adjacent to an activating group) is 1. The fourth-order valence-corrected chi connectivity index (χ4v) is 5.10. The Balaban J connectivity index is 1.50. The molecule has 0 saturated carbocycles. The minimum absolute atomic E-state index is 0.0124. The quantitative estimate of drug-likeness (QED) is 0.700. The van der Waals surface area contributed by atoms with Gasteiger partial charge < -0.3 is 10.2 Å². The number of aromatic nitrogens is 3. The average Bonchev–Trinajstić information content (AvgIpc) is 3.12. The van der Waals surface area contributed by atoms with Gasteiger partial charge in [-0.1, -0.05) is 12.1 Å². The van der Waals surface area contributed by atoms with Gasteiger partial charge in [-0.15, -0.1) is 5.10 Å². The van der Waals surface area contributed by atoms with E-state index in [2.05, 4.69) is 57.5 Å². The lowest BCUT2D eigenvalue weighted by molar-refractivity contribution is 0.116. The number of pyridine rings is 1. The molecule has 0 amide bonds. The highest BCUT2D eigenvalue weighted by molar-refractivity contribution is 5.94. The number of nitrogens with zero attached hydrogens (tertiary/aromatic N) is 6. The van der Waals surface area contributed by atoms with Crippen molar-refractivity contribution in [3.8, 4) is 6.07 Å². The Morgan fingerprint density at radius 3 is 2.77 bits per heavy atom. The third kappa shape index (κ3) is 3.19. The molecule has 0 radical (unpaired) electrons. The van der Waals surface area contributed by atoms with E-state index in [9.17, 15) is 5.26 Å². The van der Waals surface area contributed by atoms with Crippen LogP contribution in [0.1, 0.15) is 41.8 Å². The van der Waals surface area contributed by atoms with Crippen LogP contribution < -0.4 is 10.2 Å². The van der Waals surface area contributed by atoms with E-state index in [0.717, 1.165) is 52.3 Å². The van der Waals surface area contributed by atoms with E-state index in [1.165, 1.54) is 6.42 Å². The predicted octanol–water partition coefficient (Wildman–Crippen LogP) is 3.58. The van der Waals surface area contributed by atoms with Gasteiger partial charge in [0.25, 0.3) is 0 Å². The summed E-state index contributed by atoms with van der Waals surface area (Å²) in [4.78, 5) is 9.65. The standard InChI is InChI=1S/C24H27N7/c1-14-17(11-25)6-5-7-18(14)15(2)27-24-19-10-23(26-12-20(19)16(3)28-29-24)31-9-8-21-22(31)13-30(21)4/h5-7,10,12,15,21-22H,8-9,13H2,1-4H3,(H,27,29)/t15-,21+,22+/m1/s1. The van der Waals surface area contributed by atoms with Crippen LogP contribution in [0.25, 0.3) is 10.8 Å². The summed E-state index contributed by atoms with van der Waals surface area (Å²) >= 11 is 0. The fourth-order valence-electron chi connectivity index (χ4n) is 5.10. The lowest BCUT2D eigenvalue weighted by Crippen LogP contribution is -2.60. The molecular weight excluding hydrogens is 386 g/mol. The summed E-state index contributed by atoms with van der Waals surface area (Å²) in [5.74, 6) is 1.76. The molecule has 5 rings (SSSR count). The normalized spacial score (nSPS) is 21.5. The first-order valence-corrected chi connectivity index (χ1v) is 10.8. The molecule has 1 aromatic carbocycles. The second kappa shape index (κ2) is 7.47. The zero-order chi connectivity index (χ0) is 21.7. The Hall–Kier alpha value is -3.24. The number of hydrogen-bond acceptors (Lipinski definition) is 7. The summed E-state index contributed by atoms with van der Waals surface area (Å²) in [6, 6.07) is 11.5. The number of aryl methyl sites for hydroxylation is 1. The monoisotopic (exact) mass is 413 g/mol. The van der Waals surface area contributed by atoms with Crippen molar-refractivity contribution in [3.05, 3.63) is 52.8 Å². The van der Waals surface area contributed by atoms with Crippen molar-refractivity contribution in [1.82, 2.24) is 20.1 Å². The van der Waals surface area contributed by atoms with Crippen LogP contribution in [0, 0.1) is 25.2 Å². The molecule has 0 spiro atoms. The third-order valence-corrected chi connectivity index (χ3v) is 7.00. The van der Waals surface area contributed by atoms with Gasteiger partial charge in [0.15, 0.2) is 5.82 Å². The van der Waals surface area contributed by atoms with Gasteiger partial charge in [0.05, 0.1) is 29.4 Å². The van der Waals surface area contributed by atoms with E-state index >= 15 is 0 Å². The van der Waals surface area contributed by atoms with Crippen molar-refractivity contribution in [3.63, 3.8) is 0 Å². The minimum atomic E-state index is -0.0124. The van der Waals surface area contributed by atoms with Crippen LogP contribution in [0.3, 0.4) is 0 Å². The van der Waals surface area contributed by atoms with Crippen molar-refractivity contribution >= 4 is 22.4 Å². The molecule has 0 unspecified atom stereocenters. The molecule has 2 fully saturated rings. The van der Waals surface area contributed by atoms with Crippen LogP contribution in [-0.4, -0.2) is 52.3 Å². The van der Waals surface area contributed by atoms with E-state index in [1.54, 1.807) is 0 Å². The van der Waals surface area contributed by atoms with E-state index in [1.807, 2.05) is 32.2 Å². The zero-order valence-corrected chi connectivity index (χ0v) is 18.4. The topological polar surface area (TPSA) is 81.0 Å². The van der Waals surface area contributed by atoms with Crippen molar-refractivity contribution in [2.45, 2.75) is 45.3 Å². The molecule has 7 nitrogen and oxygen atoms in total. The number of nitriles is 1. The Kier molecular flexibility index (Phi) is 4.75. The Morgan fingerprint density at radius 2 is 2.03 bits per heavy atom. The molecule has 3 atom stereocenters. The van der Waals surface area contributed by atoms with Crippen LogP contribution in [0.2, 0.25) is 0 Å². The second-order valence-corrected chi connectivity index (χ2v) is 8.78. The number of nitrogens with one attached hydrogen (secondary N) is 1. The maximum absolute atomic E-state index is 9.37. The molecule has 2 saturated heterocycles. The molecule has 158 valence electrons. The maximum Gasteiger partial charge on any atom is 0.157 e. The van der Waals surface area contributed by atoms with E-state index in [-0.39, 0.29) is 6.04 Å². The van der Waals surface area contributed by atoms with E-state index in [0.29, 0.717) is 17.6 Å². The fraction of sp³-hybridized carbons (Fsp3) is 0.417. The van der Waals surface area contributed by atoms with E-state index < -0.39 is 0 Å². The summed E-state index contributed by atoms with van der Waals surface area (Å²) < 4.78 is 0. The molecular formula is C24H27N7. The van der Waals surface area contributed by atoms with Crippen molar-refractivity contribution in [1.29, 1.82) is 5.26 Å². The largest absolute Gasteiger partial charge is 0.362 e. The molecule has 2 aliphatic rings. The number of hydrogen-bond donors (Lipinski definition) is 1. The smallest absolute Gasteiger partial charge is 0.157 e. The average molecular weight is 414 g/mol. The first kappa shape index (κ1) is 19.7. The first-order valence-electron chi connectivity index (χ1n) is 10.8. The number of benzene rings is 1. The predicted molar refractivity (Wildman–Crippen MR) is 122 cm³/mol. The van der Waals surface area contributed by atoms with Crippen LogP contribution in [0.5, 0.6) is 0 Å². The zero-order valence-electron chi connectivity index (χ0n) is 18.4. The van der Waals surface area contributed by atoms with Gasteiger partial charge >= 0.3 is 0 Å². The summed E-state index contributed by atoms with van der Waals surface area (Å²) in [6.45, 7) is 8.18. The molecule has 7 heteroatoms. The van der Waals surface area contributed by atoms with Gasteiger partial charge in [0.2, 0.25) is 0 Å². The second-order valence-electron chi connectivity index (χ2n) is 8.78. The molecule has 4 heterocycles. The number of likely N-dealkylation sites (tertiary alicyclic amines) is 1. The molecule has 0 aliphatic carbocycles. The highest BCUT2D eigenvalue weighted by Gasteiger charge is 2.45. The van der Waals surface area contributed by atoms with Crippen LogP contribution in [-0.2, 0) is 0 Å². The lowest BCUT2D eigenvalue weighted by Gasteiger charge is -2.44. The Labute approximate surface area is 182 Å². The lowest BCUT2D eigenvalue weighted by atomic mass is 9.98. The van der Waals surface area contributed by atoms with Gasteiger partial charge in [0.1, 0.15) is 5.82 Å². The maximum atomic E-state index is 9.37. The highest BCUT2D eigenvalue weighted by atomic mass is 15.4. The number of fused-ring (bicyclic) bond motifs is 2. The molecule has 1 N–H and O–H groups in total. The SMILES string of the molecule is Cc1c(C#N)cccc1[C@@H](C)Nc1nnc(C)c2cnc(N3CC[C@H]4[C@@H]3CN4C)cc12. The van der Waals surface area contributed by atoms with Crippen LogP contribution in [0.4, 0.5) is 11.6 Å². The van der Waals surface area contributed by atoms with Crippen molar-refractivity contribution < 1.29 is 0 Å². The summed E-state index contributed by atoms with van der Waals surface area (Å²) in [7, 11) is 2.20. The molecule has 3 aromatic rings. The Morgan fingerprint density at radius 1 is 1.19 bits per heavy atom. The first-order chi connectivity index (χ1) is 15.0. The summed E-state index contributed by atoms with van der Waals surface area (Å²) in [6.07, 6.45) is 3.12. The van der Waals surface area contributed by atoms with Crippen molar-refractivity contribution in [2.75, 3.05) is 30.4 Å². The minimum Gasteiger partial charge on any atom is -0.362 e. The number of rotatable bonds is 4. The van der Waals surface area contributed by atoms with E-state index in [4.69, 9.17) is 4.98 Å². The molecule has 31 heavy (non-hydrogen) atoms. The van der Waals surface area contributed by atoms with Crippen LogP contribution >= 0.6 is 0 Å². The molecule has 2 aromatic heterocycles. The van der Waals surface area contributed by atoms with Gasteiger partial charge in [-0.3, -0.25) is 4.90 Å². The molecule has 0 bridgehead atoms. The van der Waals surface area contributed by atoms with Gasteiger partial charge in [0, 0.05) is 36.1 Å². The van der Waals surface area contributed by atoms with Gasteiger partial charge in [-0.05, 0) is 57.5 Å². The summed E-state index contributed by atoms with van der Waals surface area (Å²) in [5, 5.41) is 23.8.